The largest absolute Gasteiger partial charge is 0.309 e. The Morgan fingerprint density at radius 1 is 0.561 bits per heavy atom. The molecule has 5 aromatic rings. The van der Waals surface area contributed by atoms with Gasteiger partial charge in [-0.05, 0) is 92.4 Å². The van der Waals surface area contributed by atoms with Crippen molar-refractivity contribution in [1.29, 1.82) is 0 Å². The van der Waals surface area contributed by atoms with E-state index < -0.39 is 0 Å². The monoisotopic (exact) mass is 529 g/mol. The average Bonchev–Trinajstić information content (AvgIpc) is 3.00. The number of para-hydroxylation sites is 2. The van der Waals surface area contributed by atoms with Crippen molar-refractivity contribution in [1.82, 2.24) is 0 Å². The van der Waals surface area contributed by atoms with Crippen molar-refractivity contribution in [3.8, 4) is 0 Å². The van der Waals surface area contributed by atoms with Gasteiger partial charge >= 0.3 is 0 Å². The first-order valence-corrected chi connectivity index (χ1v) is 14.9. The maximum absolute atomic E-state index is 2.55. The zero-order chi connectivity index (χ0) is 27.9. The molecule has 1 aliphatic carbocycles. The lowest BCUT2D eigenvalue weighted by Gasteiger charge is -2.49. The molecule has 0 saturated carbocycles. The van der Waals surface area contributed by atoms with Crippen molar-refractivity contribution < 1.29 is 0 Å². The highest BCUT2D eigenvalue weighted by Crippen LogP contribution is 2.60. The third kappa shape index (κ3) is 3.42. The van der Waals surface area contributed by atoms with Gasteiger partial charge in [-0.1, -0.05) is 119 Å². The molecule has 5 aromatic carbocycles. The smallest absolute Gasteiger partial charge is 0.0543 e. The molecule has 0 bridgehead atoms. The van der Waals surface area contributed by atoms with Gasteiger partial charge in [-0.2, -0.15) is 0 Å². The predicted octanol–water partition coefficient (Wildman–Crippen LogP) is 10.8. The van der Waals surface area contributed by atoms with Crippen LogP contribution in [0, 0.1) is 0 Å². The molecule has 8 rings (SSSR count). The van der Waals surface area contributed by atoms with Gasteiger partial charge in [-0.15, -0.1) is 0 Å². The van der Waals surface area contributed by atoms with Crippen molar-refractivity contribution in [3.05, 3.63) is 149 Å². The fourth-order valence-electron chi connectivity index (χ4n) is 7.66. The molecule has 0 fully saturated rings. The molecule has 1 heteroatoms. The highest BCUT2D eigenvalue weighted by Gasteiger charge is 2.45. The first-order chi connectivity index (χ1) is 19.9. The molecular weight excluding hydrogens is 494 g/mol. The summed E-state index contributed by atoms with van der Waals surface area (Å²) >= 11 is 0. The maximum atomic E-state index is 2.55. The molecule has 0 saturated heterocycles. The zero-order valence-electron chi connectivity index (χ0n) is 24.3. The molecule has 0 amide bonds. The number of anilines is 3. The number of hydrogen-bond acceptors (Lipinski definition) is 1. The van der Waals surface area contributed by atoms with Gasteiger partial charge in [0.15, 0.2) is 0 Å². The van der Waals surface area contributed by atoms with E-state index in [1.165, 1.54) is 72.4 Å². The van der Waals surface area contributed by atoms with Gasteiger partial charge in [0.25, 0.3) is 0 Å². The lowest BCUT2D eigenvalue weighted by molar-refractivity contribution is 0.597. The molecule has 200 valence electrons. The molecule has 0 spiro atoms. The summed E-state index contributed by atoms with van der Waals surface area (Å²) in [5.74, 6) is 0. The van der Waals surface area contributed by atoms with Gasteiger partial charge in [0.1, 0.15) is 0 Å². The van der Waals surface area contributed by atoms with Crippen LogP contribution in [0.1, 0.15) is 73.9 Å². The van der Waals surface area contributed by atoms with Crippen LogP contribution in [-0.4, -0.2) is 0 Å². The van der Waals surface area contributed by atoms with E-state index in [9.17, 15) is 0 Å². The minimum absolute atomic E-state index is 0.0571. The average molecular weight is 530 g/mol. The van der Waals surface area contributed by atoms with Crippen LogP contribution in [-0.2, 0) is 10.8 Å². The van der Waals surface area contributed by atoms with Crippen LogP contribution in [0.4, 0.5) is 17.1 Å². The van der Waals surface area contributed by atoms with E-state index in [1.54, 1.807) is 0 Å². The molecule has 41 heavy (non-hydrogen) atoms. The van der Waals surface area contributed by atoms with Gasteiger partial charge in [-0.3, -0.25) is 0 Å². The Kier molecular flexibility index (Phi) is 5.11. The van der Waals surface area contributed by atoms with E-state index >= 15 is 0 Å². The standard InChI is InChI=1S/C40H35N/c1-39(2)32-16-9-10-19-36(32)41-37-23-22-29(25-35(37)40(3,4)34-18-11-17-33(39)38(34)41)31-15-8-7-14-30(31)28-21-20-26-12-5-6-13-27(26)24-28/h5-6,8-13,15-25H,7,14H2,1-4H3. The van der Waals surface area contributed by atoms with Crippen LogP contribution in [0.15, 0.2) is 115 Å². The quantitative estimate of drug-likeness (QED) is 0.220. The lowest BCUT2D eigenvalue weighted by atomic mass is 9.66. The van der Waals surface area contributed by atoms with Crippen LogP contribution in [0.2, 0.25) is 0 Å². The van der Waals surface area contributed by atoms with Crippen molar-refractivity contribution in [2.75, 3.05) is 4.90 Å². The number of allylic oxidation sites excluding steroid dienone is 4. The van der Waals surface area contributed by atoms with E-state index in [-0.39, 0.29) is 10.8 Å². The summed E-state index contributed by atoms with van der Waals surface area (Å²) in [6.45, 7) is 9.57. The fraction of sp³-hybridized carbons (Fsp3) is 0.200. The Morgan fingerprint density at radius 3 is 2.05 bits per heavy atom. The van der Waals surface area contributed by atoms with Crippen molar-refractivity contribution in [2.45, 2.75) is 51.4 Å². The van der Waals surface area contributed by atoms with E-state index in [0.29, 0.717) is 0 Å². The molecule has 2 heterocycles. The minimum Gasteiger partial charge on any atom is -0.309 e. The summed E-state index contributed by atoms with van der Waals surface area (Å²) in [6, 6.07) is 38.8. The summed E-state index contributed by atoms with van der Waals surface area (Å²) in [6.07, 6.45) is 6.84. The van der Waals surface area contributed by atoms with Crippen molar-refractivity contribution in [3.63, 3.8) is 0 Å². The van der Waals surface area contributed by atoms with Gasteiger partial charge in [0, 0.05) is 10.8 Å². The molecule has 0 unspecified atom stereocenters. The molecule has 2 aliphatic heterocycles. The Labute approximate surface area is 243 Å². The Morgan fingerprint density at radius 2 is 1.22 bits per heavy atom. The van der Waals surface area contributed by atoms with Crippen molar-refractivity contribution >= 4 is 39.0 Å². The summed E-state index contributed by atoms with van der Waals surface area (Å²) < 4.78 is 0. The minimum atomic E-state index is -0.127. The molecule has 0 radical (unpaired) electrons. The Hall–Kier alpha value is -4.36. The van der Waals surface area contributed by atoms with Crippen LogP contribution in [0.25, 0.3) is 21.9 Å². The van der Waals surface area contributed by atoms with E-state index in [4.69, 9.17) is 0 Å². The second-order valence-electron chi connectivity index (χ2n) is 12.9. The Balaban J connectivity index is 1.35. The molecule has 0 aromatic heterocycles. The van der Waals surface area contributed by atoms with E-state index in [2.05, 4.69) is 148 Å². The molecule has 1 nitrogen and oxygen atoms in total. The number of hydrogen-bond donors (Lipinski definition) is 0. The third-order valence-corrected chi connectivity index (χ3v) is 9.91. The fourth-order valence-corrected chi connectivity index (χ4v) is 7.66. The van der Waals surface area contributed by atoms with Gasteiger partial charge < -0.3 is 4.90 Å². The first kappa shape index (κ1) is 24.4. The van der Waals surface area contributed by atoms with Gasteiger partial charge in [-0.25, -0.2) is 0 Å². The van der Waals surface area contributed by atoms with Crippen LogP contribution >= 0.6 is 0 Å². The highest BCUT2D eigenvalue weighted by molar-refractivity contribution is 6.00. The molecule has 0 N–H and O–H groups in total. The SMILES string of the molecule is CC1(C)c2ccccc2N2c3ccc(C4=C(c5ccc6ccccc6c5)CCC=C4)cc3C(C)(C)c3cccc1c32. The normalized spacial score (nSPS) is 17.7. The van der Waals surface area contributed by atoms with Crippen LogP contribution in [0.5, 0.6) is 0 Å². The summed E-state index contributed by atoms with van der Waals surface area (Å²) in [5, 5.41) is 2.60. The first-order valence-electron chi connectivity index (χ1n) is 14.9. The van der Waals surface area contributed by atoms with E-state index in [1.807, 2.05) is 0 Å². The molecule has 0 atom stereocenters. The second-order valence-corrected chi connectivity index (χ2v) is 12.9. The summed E-state index contributed by atoms with van der Waals surface area (Å²) in [5.41, 5.74) is 14.8. The number of rotatable bonds is 2. The summed E-state index contributed by atoms with van der Waals surface area (Å²) in [7, 11) is 0. The molecule has 3 aliphatic rings. The molecular formula is C40H35N. The maximum Gasteiger partial charge on any atom is 0.0543 e. The topological polar surface area (TPSA) is 3.24 Å². The van der Waals surface area contributed by atoms with Gasteiger partial charge in [0.05, 0.1) is 17.1 Å². The number of benzene rings is 5. The van der Waals surface area contributed by atoms with Crippen LogP contribution < -0.4 is 4.90 Å². The van der Waals surface area contributed by atoms with Gasteiger partial charge in [0.2, 0.25) is 0 Å². The number of fused-ring (bicyclic) bond motifs is 5. The predicted molar refractivity (Wildman–Crippen MR) is 175 cm³/mol. The third-order valence-electron chi connectivity index (χ3n) is 9.91. The Bertz CT molecular complexity index is 1950. The lowest BCUT2D eigenvalue weighted by Crippen LogP contribution is -2.38. The highest BCUT2D eigenvalue weighted by atomic mass is 15.2. The number of nitrogens with zero attached hydrogens (tertiary/aromatic N) is 1. The summed E-state index contributed by atoms with van der Waals surface area (Å²) in [4.78, 5) is 2.55. The van der Waals surface area contributed by atoms with Crippen molar-refractivity contribution in [2.24, 2.45) is 0 Å². The van der Waals surface area contributed by atoms with Crippen LogP contribution in [0.3, 0.4) is 0 Å². The van der Waals surface area contributed by atoms with E-state index in [0.717, 1.165) is 12.8 Å². The second kappa shape index (κ2) is 8.57. The zero-order valence-corrected chi connectivity index (χ0v) is 24.3.